The number of alkyl halides is 3. The highest BCUT2D eigenvalue weighted by Gasteiger charge is 2.72. The Morgan fingerprint density at radius 2 is 1.90 bits per heavy atom. The molecule has 3 N–H and O–H groups in total. The number of carbonyl (C=O) groups is 4. The van der Waals surface area contributed by atoms with E-state index in [1.165, 1.54) is 7.11 Å². The Morgan fingerprint density at radius 3 is 2.54 bits per heavy atom. The first-order valence-corrected chi connectivity index (χ1v) is 22.3. The van der Waals surface area contributed by atoms with Gasteiger partial charge in [0.1, 0.15) is 28.8 Å². The molecule has 3 fully saturated rings. The molecule has 334 valence electrons. The van der Waals surface area contributed by atoms with Crippen LogP contribution in [0.2, 0.25) is 0 Å². The van der Waals surface area contributed by atoms with Gasteiger partial charge in [-0.25, -0.2) is 17.6 Å². The van der Waals surface area contributed by atoms with Crippen molar-refractivity contribution < 1.29 is 60.1 Å². The van der Waals surface area contributed by atoms with Gasteiger partial charge in [0.05, 0.1) is 20.3 Å². The van der Waals surface area contributed by atoms with Crippen LogP contribution in [0.4, 0.5) is 18.0 Å². The van der Waals surface area contributed by atoms with Gasteiger partial charge in [0.25, 0.3) is 5.91 Å². The van der Waals surface area contributed by atoms with Crippen molar-refractivity contribution in [3.63, 3.8) is 0 Å². The molecule has 0 spiro atoms. The fourth-order valence-electron chi connectivity index (χ4n) is 9.31. The van der Waals surface area contributed by atoms with Crippen LogP contribution in [0, 0.1) is 17.8 Å². The van der Waals surface area contributed by atoms with E-state index in [-0.39, 0.29) is 36.9 Å². The summed E-state index contributed by atoms with van der Waals surface area (Å²) in [5, 5.41) is 13.8. The predicted octanol–water partition coefficient (Wildman–Crippen LogP) is 5.14. The summed E-state index contributed by atoms with van der Waals surface area (Å²) in [6.45, 7) is 5.83. The van der Waals surface area contributed by atoms with Gasteiger partial charge in [0, 0.05) is 22.9 Å². The van der Waals surface area contributed by atoms with Crippen LogP contribution in [-0.4, -0.2) is 119 Å². The smallest absolute Gasteiger partial charge is 0.408 e. The molecule has 5 aliphatic rings. The van der Waals surface area contributed by atoms with Crippen LogP contribution in [0.5, 0.6) is 17.5 Å². The fraction of sp³-hybridized carbons (Fsp3) is 0.643. The Bertz CT molecular complexity index is 2260. The number of aromatic nitrogens is 1. The van der Waals surface area contributed by atoms with E-state index in [0.29, 0.717) is 65.7 Å². The molecular formula is C42H54F3N5O10S. The minimum absolute atomic E-state index is 0.0334. The Kier molecular flexibility index (Phi) is 11.5. The summed E-state index contributed by atoms with van der Waals surface area (Å²) in [6.07, 6.45) is 4.24. The first kappa shape index (κ1) is 44.3. The largest absolute Gasteiger partial charge is 0.497 e. The maximum Gasteiger partial charge on any atom is 0.408 e. The maximum absolute atomic E-state index is 17.7. The molecule has 0 unspecified atom stereocenters. The summed E-state index contributed by atoms with van der Waals surface area (Å²) in [6, 6.07) is -0.128. The molecule has 15 nitrogen and oxygen atoms in total. The molecule has 1 saturated heterocycles. The van der Waals surface area contributed by atoms with Gasteiger partial charge in [-0.3, -0.25) is 24.0 Å². The average molecular weight is 878 g/mol. The predicted molar refractivity (Wildman–Crippen MR) is 216 cm³/mol. The molecule has 0 radical (unpaired) electrons. The number of fused-ring (bicyclic) bond motifs is 5. The van der Waals surface area contributed by atoms with E-state index in [9.17, 15) is 32.3 Å². The Morgan fingerprint density at radius 1 is 1.18 bits per heavy atom. The van der Waals surface area contributed by atoms with Gasteiger partial charge in [-0.15, -0.1) is 0 Å². The zero-order valence-corrected chi connectivity index (χ0v) is 36.0. The van der Waals surface area contributed by atoms with Crippen molar-refractivity contribution in [2.75, 3.05) is 26.9 Å². The van der Waals surface area contributed by atoms with Gasteiger partial charge in [-0.1, -0.05) is 26.0 Å². The second kappa shape index (κ2) is 15.8. The molecule has 7 rings (SSSR count). The van der Waals surface area contributed by atoms with Crippen LogP contribution in [-0.2, 0) is 30.8 Å². The standard InChI is InChI=1S/C42H54F3N5O10S/c1-23(2)50(38(54)55)31-25(4)18-24(3)10-7-8-11-26-20-41(26,37(53)48-61(56,57)40(21-43)15-16-40)47-33(51)32-42(44,45)39(5,22-49(32)36(31)52)60-35-29-14-13-27(58-6)19-30(29)28-12-9-17-59-34(28)46-35/h8,11,13-14,19,23-26,31-32H,7,9-10,12,15-18,20-22H2,1-6H3,(H,47,51)(H,48,53)(H,54,55)/b11-8-/t24-,25+,26+,31-,32-,39+,41+/m0/s1. The van der Waals surface area contributed by atoms with E-state index in [4.69, 9.17) is 14.2 Å². The lowest BCUT2D eigenvalue weighted by Crippen LogP contribution is -2.63. The van der Waals surface area contributed by atoms with E-state index in [2.05, 4.69) is 10.3 Å². The molecule has 3 aliphatic heterocycles. The lowest BCUT2D eigenvalue weighted by molar-refractivity contribution is -0.163. The number of halogens is 3. The number of amides is 4. The molecule has 1 aromatic heterocycles. The van der Waals surface area contributed by atoms with Crippen molar-refractivity contribution in [1.29, 1.82) is 0 Å². The highest BCUT2D eigenvalue weighted by atomic mass is 32.2. The van der Waals surface area contributed by atoms with Crippen LogP contribution >= 0.6 is 0 Å². The van der Waals surface area contributed by atoms with Crippen LogP contribution in [0.1, 0.15) is 85.1 Å². The monoisotopic (exact) mass is 877 g/mol. The molecule has 0 bridgehead atoms. The molecule has 19 heteroatoms. The van der Waals surface area contributed by atoms with Gasteiger partial charge < -0.3 is 29.5 Å². The number of sulfonamides is 1. The number of allylic oxidation sites excluding steroid dienone is 1. The number of carbonyl (C=O) groups excluding carboxylic acids is 3. The van der Waals surface area contributed by atoms with Crippen molar-refractivity contribution in [1.82, 2.24) is 24.8 Å². The Hall–Kier alpha value is -4.81. The van der Waals surface area contributed by atoms with Crippen molar-refractivity contribution in [3.05, 3.63) is 35.9 Å². The van der Waals surface area contributed by atoms with E-state index in [1.807, 2.05) is 11.6 Å². The zero-order valence-electron chi connectivity index (χ0n) is 35.1. The number of hydrogen-bond donors (Lipinski definition) is 3. The molecule has 61 heavy (non-hydrogen) atoms. The number of carboxylic acid groups (broad SMARTS) is 1. The molecule has 4 heterocycles. The zero-order chi connectivity index (χ0) is 44.4. The third kappa shape index (κ3) is 7.62. The van der Waals surface area contributed by atoms with Gasteiger partial charge in [0.15, 0.2) is 11.6 Å². The molecule has 1 aromatic carbocycles. The normalized spacial score (nSPS) is 31.2. The second-order valence-electron chi connectivity index (χ2n) is 18.0. The molecule has 4 amide bonds. The Labute approximate surface area is 352 Å². The summed E-state index contributed by atoms with van der Waals surface area (Å²) in [4.78, 5) is 62.8. The number of benzene rings is 1. The fourth-order valence-corrected chi connectivity index (χ4v) is 10.7. The number of pyridine rings is 1. The van der Waals surface area contributed by atoms with E-state index in [0.717, 1.165) is 11.8 Å². The average Bonchev–Trinajstić information content (AvgIpc) is 4.12. The second-order valence-corrected chi connectivity index (χ2v) is 20.0. The summed E-state index contributed by atoms with van der Waals surface area (Å²) in [7, 11) is -3.11. The highest BCUT2D eigenvalue weighted by molar-refractivity contribution is 7.91. The molecule has 2 saturated carbocycles. The van der Waals surface area contributed by atoms with Crippen molar-refractivity contribution in [2.45, 2.75) is 126 Å². The SMILES string of the molecule is COc1ccc2c(O[C@]3(C)CN4C(=O)[C@@H](N(C(=O)O)C(C)C)[C@H](C)C[C@@H](C)CC/C=C\[C@@H]5C[C@@]5(C(=O)NS(=O)(=O)C5(CF)CC5)NC(=O)[C@H]4C3(F)F)nc3c(c2c1)CCCO3. The van der Waals surface area contributed by atoms with E-state index in [1.54, 1.807) is 51.1 Å². The highest BCUT2D eigenvalue weighted by Crippen LogP contribution is 2.51. The van der Waals surface area contributed by atoms with Crippen molar-refractivity contribution >= 4 is 44.6 Å². The lowest BCUT2D eigenvalue weighted by Gasteiger charge is -2.39. The van der Waals surface area contributed by atoms with Crippen molar-refractivity contribution in [3.8, 4) is 17.5 Å². The molecule has 2 aromatic rings. The third-order valence-corrected chi connectivity index (χ3v) is 15.3. The van der Waals surface area contributed by atoms with Gasteiger partial charge in [0.2, 0.25) is 33.6 Å². The van der Waals surface area contributed by atoms with E-state index >= 15 is 13.6 Å². The lowest BCUT2D eigenvalue weighted by atomic mass is 9.86. The number of methoxy groups -OCH3 is 1. The van der Waals surface area contributed by atoms with Crippen LogP contribution < -0.4 is 24.2 Å². The minimum atomic E-state index is -4.59. The molecular weight excluding hydrogens is 824 g/mol. The van der Waals surface area contributed by atoms with Gasteiger partial charge in [-0.05, 0) is 108 Å². The first-order chi connectivity index (χ1) is 28.7. The number of hydrogen-bond acceptors (Lipinski definition) is 10. The van der Waals surface area contributed by atoms with Gasteiger partial charge in [-0.2, -0.15) is 13.8 Å². The van der Waals surface area contributed by atoms with E-state index < -0.39 is 98.8 Å². The Balaban J connectivity index is 1.35. The first-order valence-electron chi connectivity index (χ1n) is 20.8. The van der Waals surface area contributed by atoms with Gasteiger partial charge >= 0.3 is 12.0 Å². The minimum Gasteiger partial charge on any atom is -0.497 e. The number of nitrogens with one attached hydrogen (secondary N) is 2. The summed E-state index contributed by atoms with van der Waals surface area (Å²) < 4.78 is 93.6. The van der Waals surface area contributed by atoms with Crippen LogP contribution in [0.15, 0.2) is 30.4 Å². The number of nitrogens with zero attached hydrogens (tertiary/aromatic N) is 3. The number of rotatable bonds is 9. The summed E-state index contributed by atoms with van der Waals surface area (Å²) >= 11 is 0. The van der Waals surface area contributed by atoms with Crippen LogP contribution in [0.3, 0.4) is 0 Å². The summed E-state index contributed by atoms with van der Waals surface area (Å²) in [5.41, 5.74) is -4.06. The molecule has 7 atom stereocenters. The molecule has 2 aliphatic carbocycles. The third-order valence-electron chi connectivity index (χ3n) is 13.2. The summed E-state index contributed by atoms with van der Waals surface area (Å²) in [5.74, 6) is -9.39. The quantitative estimate of drug-likeness (QED) is 0.283. The van der Waals surface area contributed by atoms with Crippen LogP contribution in [0.25, 0.3) is 10.8 Å². The maximum atomic E-state index is 17.7. The number of ether oxygens (including phenoxy) is 3. The number of aryl methyl sites for hydroxylation is 1. The topological polar surface area (TPSA) is 194 Å². The van der Waals surface area contributed by atoms with Crippen molar-refractivity contribution in [2.24, 2.45) is 17.8 Å².